The molecule has 0 atom stereocenters. The van der Waals surface area contributed by atoms with Crippen LogP contribution in [0.3, 0.4) is 0 Å². The van der Waals surface area contributed by atoms with E-state index in [0.29, 0.717) is 16.9 Å². The number of hydrogen-bond acceptors (Lipinski definition) is 4. The standard InChI is InChI=1S/C17H18O3S/c1-11(2)15(18)16-14(17(19)20-3)10-13(21-16)9-12-7-5-4-6-8-12/h4-8,10-11H,9H2,1-3H3. The van der Waals surface area contributed by atoms with Crippen molar-refractivity contribution in [3.8, 4) is 0 Å². The van der Waals surface area contributed by atoms with E-state index in [1.165, 1.54) is 18.4 Å². The summed E-state index contributed by atoms with van der Waals surface area (Å²) in [4.78, 5) is 25.6. The maximum absolute atomic E-state index is 12.3. The number of rotatable bonds is 5. The Bertz CT molecular complexity index is 641. The zero-order chi connectivity index (χ0) is 15.4. The van der Waals surface area contributed by atoms with E-state index in [1.807, 2.05) is 44.2 Å². The molecule has 0 radical (unpaired) electrons. The monoisotopic (exact) mass is 302 g/mol. The highest BCUT2D eigenvalue weighted by molar-refractivity contribution is 7.14. The number of hydrogen-bond donors (Lipinski definition) is 0. The van der Waals surface area contributed by atoms with Crippen LogP contribution in [0.15, 0.2) is 36.4 Å². The Morgan fingerprint density at radius 1 is 1.19 bits per heavy atom. The predicted molar refractivity (Wildman–Crippen MR) is 84.1 cm³/mol. The molecule has 1 aromatic carbocycles. The van der Waals surface area contributed by atoms with Crippen LogP contribution >= 0.6 is 11.3 Å². The molecule has 0 unspecified atom stereocenters. The van der Waals surface area contributed by atoms with Gasteiger partial charge >= 0.3 is 5.97 Å². The Labute approximate surface area is 128 Å². The largest absolute Gasteiger partial charge is 0.465 e. The quantitative estimate of drug-likeness (QED) is 0.620. The average molecular weight is 302 g/mol. The summed E-state index contributed by atoms with van der Waals surface area (Å²) >= 11 is 1.38. The van der Waals surface area contributed by atoms with Gasteiger partial charge in [-0.25, -0.2) is 4.79 Å². The van der Waals surface area contributed by atoms with Crippen LogP contribution in [0.2, 0.25) is 0 Å². The molecule has 0 spiro atoms. The number of esters is 1. The van der Waals surface area contributed by atoms with Crippen molar-refractivity contribution >= 4 is 23.1 Å². The van der Waals surface area contributed by atoms with Gasteiger partial charge in [0.2, 0.25) is 0 Å². The lowest BCUT2D eigenvalue weighted by molar-refractivity contribution is 0.0597. The number of carbonyl (C=O) groups excluding carboxylic acids is 2. The normalized spacial score (nSPS) is 10.7. The van der Waals surface area contributed by atoms with Gasteiger partial charge in [0.05, 0.1) is 17.6 Å². The van der Waals surface area contributed by atoms with Crippen LogP contribution < -0.4 is 0 Å². The molecule has 0 amide bonds. The Kier molecular flexibility index (Phi) is 4.91. The predicted octanol–water partition coefficient (Wildman–Crippen LogP) is 3.96. The van der Waals surface area contributed by atoms with Gasteiger partial charge in [0, 0.05) is 17.2 Å². The number of Topliss-reactive ketones (excluding diaryl/α,β-unsaturated/α-hetero) is 1. The van der Waals surface area contributed by atoms with Gasteiger partial charge in [-0.3, -0.25) is 4.79 Å². The highest BCUT2D eigenvalue weighted by atomic mass is 32.1. The molecule has 0 N–H and O–H groups in total. The number of ketones is 1. The molecule has 2 aromatic rings. The molecule has 4 heteroatoms. The maximum atomic E-state index is 12.3. The van der Waals surface area contributed by atoms with Gasteiger partial charge in [0.25, 0.3) is 0 Å². The third kappa shape index (κ3) is 3.58. The second-order valence-electron chi connectivity index (χ2n) is 5.13. The highest BCUT2D eigenvalue weighted by Gasteiger charge is 2.23. The van der Waals surface area contributed by atoms with Crippen molar-refractivity contribution < 1.29 is 14.3 Å². The summed E-state index contributed by atoms with van der Waals surface area (Å²) in [6.07, 6.45) is 0.709. The Morgan fingerprint density at radius 2 is 1.86 bits per heavy atom. The van der Waals surface area contributed by atoms with Gasteiger partial charge in [-0.1, -0.05) is 44.2 Å². The van der Waals surface area contributed by atoms with E-state index >= 15 is 0 Å². The van der Waals surface area contributed by atoms with Gasteiger partial charge in [-0.2, -0.15) is 0 Å². The molecule has 2 rings (SSSR count). The minimum atomic E-state index is -0.449. The zero-order valence-corrected chi connectivity index (χ0v) is 13.2. The summed E-state index contributed by atoms with van der Waals surface area (Å²) in [6, 6.07) is 11.8. The third-order valence-corrected chi connectivity index (χ3v) is 4.31. The molecule has 0 saturated heterocycles. The van der Waals surface area contributed by atoms with Gasteiger partial charge in [0.1, 0.15) is 0 Å². The molecule has 21 heavy (non-hydrogen) atoms. The molecular weight excluding hydrogens is 284 g/mol. The van der Waals surface area contributed by atoms with Crippen molar-refractivity contribution in [2.75, 3.05) is 7.11 Å². The van der Waals surface area contributed by atoms with E-state index in [9.17, 15) is 9.59 Å². The van der Waals surface area contributed by atoms with Crippen molar-refractivity contribution in [2.45, 2.75) is 20.3 Å². The lowest BCUT2D eigenvalue weighted by Gasteiger charge is -2.03. The molecule has 0 fully saturated rings. The number of methoxy groups -OCH3 is 1. The van der Waals surface area contributed by atoms with Crippen LogP contribution in [0, 0.1) is 5.92 Å². The summed E-state index contributed by atoms with van der Waals surface area (Å²) in [5, 5.41) is 0. The van der Waals surface area contributed by atoms with Crippen LogP contribution in [-0.2, 0) is 11.2 Å². The fourth-order valence-electron chi connectivity index (χ4n) is 2.03. The van der Waals surface area contributed by atoms with Crippen molar-refractivity contribution in [2.24, 2.45) is 5.92 Å². The summed E-state index contributed by atoms with van der Waals surface area (Å²) in [5.74, 6) is -0.606. The molecule has 0 saturated carbocycles. The van der Waals surface area contributed by atoms with Crippen LogP contribution in [-0.4, -0.2) is 18.9 Å². The van der Waals surface area contributed by atoms with E-state index in [1.54, 1.807) is 6.07 Å². The van der Waals surface area contributed by atoms with E-state index in [2.05, 4.69) is 0 Å². The minimum Gasteiger partial charge on any atom is -0.465 e. The van der Waals surface area contributed by atoms with Gasteiger partial charge < -0.3 is 4.74 Å². The van der Waals surface area contributed by atoms with Crippen LogP contribution in [0.5, 0.6) is 0 Å². The topological polar surface area (TPSA) is 43.4 Å². The second kappa shape index (κ2) is 6.68. The lowest BCUT2D eigenvalue weighted by Crippen LogP contribution is -2.11. The van der Waals surface area contributed by atoms with E-state index < -0.39 is 5.97 Å². The number of carbonyl (C=O) groups is 2. The molecule has 0 aliphatic carbocycles. The first-order valence-electron chi connectivity index (χ1n) is 6.82. The summed E-state index contributed by atoms with van der Waals surface area (Å²) in [6.45, 7) is 3.67. The Hall–Kier alpha value is -1.94. The summed E-state index contributed by atoms with van der Waals surface area (Å²) < 4.78 is 4.79. The van der Waals surface area contributed by atoms with Crippen LogP contribution in [0.1, 0.15) is 44.3 Å². The molecule has 0 aliphatic rings. The fourth-order valence-corrected chi connectivity index (χ4v) is 3.30. The first kappa shape index (κ1) is 15.4. The SMILES string of the molecule is COC(=O)c1cc(Cc2ccccc2)sc1C(=O)C(C)C. The average Bonchev–Trinajstić information content (AvgIpc) is 2.90. The molecule has 1 heterocycles. The molecule has 1 aromatic heterocycles. The number of thiophene rings is 1. The first-order chi connectivity index (χ1) is 10.0. The molecule has 3 nitrogen and oxygen atoms in total. The van der Waals surface area contributed by atoms with Gasteiger partial charge in [-0.15, -0.1) is 11.3 Å². The van der Waals surface area contributed by atoms with Crippen molar-refractivity contribution in [1.82, 2.24) is 0 Å². The third-order valence-electron chi connectivity index (χ3n) is 3.16. The maximum Gasteiger partial charge on any atom is 0.339 e. The Morgan fingerprint density at radius 3 is 2.43 bits per heavy atom. The van der Waals surface area contributed by atoms with E-state index in [0.717, 1.165) is 10.4 Å². The number of benzene rings is 1. The molecule has 110 valence electrons. The first-order valence-corrected chi connectivity index (χ1v) is 7.63. The smallest absolute Gasteiger partial charge is 0.339 e. The highest BCUT2D eigenvalue weighted by Crippen LogP contribution is 2.28. The molecule has 0 aliphatic heterocycles. The summed E-state index contributed by atoms with van der Waals surface area (Å²) in [7, 11) is 1.33. The van der Waals surface area contributed by atoms with Crippen molar-refractivity contribution in [3.63, 3.8) is 0 Å². The summed E-state index contributed by atoms with van der Waals surface area (Å²) in [5.41, 5.74) is 1.53. The van der Waals surface area contributed by atoms with Crippen molar-refractivity contribution in [3.05, 3.63) is 57.3 Å². The Balaban J connectivity index is 2.36. The molecule has 0 bridgehead atoms. The van der Waals surface area contributed by atoms with Crippen LogP contribution in [0.4, 0.5) is 0 Å². The number of ether oxygens (including phenoxy) is 1. The second-order valence-corrected chi connectivity index (χ2v) is 6.27. The van der Waals surface area contributed by atoms with Gasteiger partial charge in [-0.05, 0) is 11.6 Å². The van der Waals surface area contributed by atoms with Crippen molar-refractivity contribution in [1.29, 1.82) is 0 Å². The van der Waals surface area contributed by atoms with E-state index in [4.69, 9.17) is 4.74 Å². The van der Waals surface area contributed by atoms with Crippen LogP contribution in [0.25, 0.3) is 0 Å². The zero-order valence-electron chi connectivity index (χ0n) is 12.4. The lowest BCUT2D eigenvalue weighted by atomic mass is 10.0. The fraction of sp³-hybridized carbons (Fsp3) is 0.294. The molecular formula is C17H18O3S. The van der Waals surface area contributed by atoms with Gasteiger partial charge in [0.15, 0.2) is 5.78 Å². The minimum absolute atomic E-state index is 0.0142. The van der Waals surface area contributed by atoms with E-state index in [-0.39, 0.29) is 11.7 Å².